The van der Waals surface area contributed by atoms with Gasteiger partial charge in [-0.05, 0) is 96.3 Å². The lowest BCUT2D eigenvalue weighted by Crippen LogP contribution is -2.30. The van der Waals surface area contributed by atoms with Gasteiger partial charge in [0.15, 0.2) is 6.10 Å². The molecule has 0 bridgehead atoms. The summed E-state index contributed by atoms with van der Waals surface area (Å²) in [5.74, 6) is -0.882. The van der Waals surface area contributed by atoms with Crippen LogP contribution in [0.5, 0.6) is 0 Å². The van der Waals surface area contributed by atoms with E-state index in [1.807, 2.05) is 0 Å². The molecule has 6 heteroatoms. The maximum absolute atomic E-state index is 12.9. The number of ether oxygens (including phenoxy) is 3. The number of hydrogen-bond donors (Lipinski definition) is 0. The van der Waals surface area contributed by atoms with Gasteiger partial charge in [-0.15, -0.1) is 0 Å². The van der Waals surface area contributed by atoms with Gasteiger partial charge >= 0.3 is 17.9 Å². The Kier molecular flexibility index (Phi) is 64.7. The van der Waals surface area contributed by atoms with Crippen molar-refractivity contribution < 1.29 is 28.6 Å². The van der Waals surface area contributed by atoms with Gasteiger partial charge in [0.2, 0.25) is 0 Å². The van der Waals surface area contributed by atoms with Gasteiger partial charge in [0.25, 0.3) is 0 Å². The minimum Gasteiger partial charge on any atom is -0.462 e. The standard InChI is InChI=1S/C74H128O6/c1-4-7-10-13-16-19-22-24-26-28-30-32-33-34-35-36-37-38-39-40-41-43-44-46-48-50-52-55-58-61-64-67-73(76)79-70-71(69-78-72(75)66-63-60-57-54-21-18-15-12-9-6-3)80-74(77)68-65-62-59-56-53-51-49-47-45-42-31-29-27-25-23-20-17-14-11-8-5-2/h7,10,12,15-16,19,24,26,30,32,34-35,37-38,40-41,71H,4-6,8-9,11,13-14,17-18,20-23,25,27-29,31,33,36,39,42-70H2,1-3H3/b10-7-,15-12-,19-16-,26-24-,32-30-,35-34-,38-37-,41-40-. The normalized spacial score (nSPS) is 12.7. The highest BCUT2D eigenvalue weighted by Gasteiger charge is 2.19. The van der Waals surface area contributed by atoms with Crippen LogP contribution >= 0.6 is 0 Å². The summed E-state index contributed by atoms with van der Waals surface area (Å²) in [6.45, 7) is 6.49. The van der Waals surface area contributed by atoms with Crippen LogP contribution in [-0.4, -0.2) is 37.2 Å². The lowest BCUT2D eigenvalue weighted by atomic mass is 10.0. The Labute approximate surface area is 496 Å². The molecule has 0 aromatic rings. The average Bonchev–Trinajstić information content (AvgIpc) is 3.46. The van der Waals surface area contributed by atoms with Gasteiger partial charge in [-0.1, -0.05) is 317 Å². The Morgan fingerprint density at radius 3 is 0.825 bits per heavy atom. The fraction of sp³-hybridized carbons (Fsp3) is 0.743. The molecule has 1 atom stereocenters. The minimum atomic E-state index is -0.782. The molecule has 80 heavy (non-hydrogen) atoms. The van der Waals surface area contributed by atoms with E-state index in [1.54, 1.807) is 0 Å². The van der Waals surface area contributed by atoms with Crippen molar-refractivity contribution in [3.63, 3.8) is 0 Å². The van der Waals surface area contributed by atoms with Crippen LogP contribution in [0.25, 0.3) is 0 Å². The third-order valence-electron chi connectivity index (χ3n) is 14.8. The van der Waals surface area contributed by atoms with Crippen LogP contribution in [0, 0.1) is 0 Å². The van der Waals surface area contributed by atoms with Crippen LogP contribution in [0.4, 0.5) is 0 Å². The van der Waals surface area contributed by atoms with Gasteiger partial charge in [-0.3, -0.25) is 14.4 Å². The molecule has 0 saturated carbocycles. The molecule has 0 aliphatic carbocycles. The van der Waals surface area contributed by atoms with E-state index in [0.29, 0.717) is 19.3 Å². The smallest absolute Gasteiger partial charge is 0.306 e. The first-order chi connectivity index (χ1) is 39.5. The number of carbonyl (C=O) groups is 3. The van der Waals surface area contributed by atoms with Gasteiger partial charge in [-0.2, -0.15) is 0 Å². The second-order valence-corrected chi connectivity index (χ2v) is 22.7. The molecule has 0 fully saturated rings. The zero-order valence-electron chi connectivity index (χ0n) is 52.8. The predicted molar refractivity (Wildman–Crippen MR) is 348 cm³/mol. The molecule has 0 spiro atoms. The Hall–Kier alpha value is -3.67. The largest absolute Gasteiger partial charge is 0.462 e. The maximum atomic E-state index is 12.9. The van der Waals surface area contributed by atoms with Crippen molar-refractivity contribution in [2.45, 2.75) is 341 Å². The first-order valence-corrected chi connectivity index (χ1v) is 34.2. The molecule has 0 aromatic heterocycles. The molecular formula is C74H128O6. The number of hydrogen-bond acceptors (Lipinski definition) is 6. The van der Waals surface area contributed by atoms with Gasteiger partial charge in [0.05, 0.1) is 0 Å². The Morgan fingerprint density at radius 2 is 0.512 bits per heavy atom. The SMILES string of the molecule is CC/C=C\C/C=C\C/C=C\C/C=C\C/C=C\C/C=C\C/C=C\CCCCCCCCCCCC(=O)OCC(COC(=O)CCCCCCC/C=C\CCC)OC(=O)CCCCCCCCCCCCCCCCCCCCCCC. The Bertz CT molecular complexity index is 1560. The second-order valence-electron chi connectivity index (χ2n) is 22.7. The van der Waals surface area contributed by atoms with Gasteiger partial charge in [0, 0.05) is 19.3 Å². The highest BCUT2D eigenvalue weighted by molar-refractivity contribution is 5.71. The summed E-state index contributed by atoms with van der Waals surface area (Å²) in [5.41, 5.74) is 0. The lowest BCUT2D eigenvalue weighted by Gasteiger charge is -2.18. The molecule has 6 nitrogen and oxygen atoms in total. The molecule has 0 heterocycles. The van der Waals surface area contributed by atoms with E-state index in [2.05, 4.69) is 118 Å². The topological polar surface area (TPSA) is 78.9 Å². The van der Waals surface area contributed by atoms with E-state index in [0.717, 1.165) is 122 Å². The first kappa shape index (κ1) is 76.3. The zero-order chi connectivity index (χ0) is 57.8. The van der Waals surface area contributed by atoms with E-state index in [1.165, 1.54) is 173 Å². The first-order valence-electron chi connectivity index (χ1n) is 34.2. The second kappa shape index (κ2) is 67.8. The monoisotopic (exact) mass is 1110 g/mol. The third kappa shape index (κ3) is 65.1. The van der Waals surface area contributed by atoms with E-state index in [9.17, 15) is 14.4 Å². The van der Waals surface area contributed by atoms with Crippen molar-refractivity contribution in [1.29, 1.82) is 0 Å². The van der Waals surface area contributed by atoms with Crippen LogP contribution in [0.3, 0.4) is 0 Å². The van der Waals surface area contributed by atoms with Crippen molar-refractivity contribution in [2.24, 2.45) is 0 Å². The summed E-state index contributed by atoms with van der Waals surface area (Å²) < 4.78 is 16.9. The quantitative estimate of drug-likeness (QED) is 0.0261. The highest BCUT2D eigenvalue weighted by atomic mass is 16.6. The van der Waals surface area contributed by atoms with Crippen molar-refractivity contribution in [1.82, 2.24) is 0 Å². The molecule has 0 aliphatic heterocycles. The lowest BCUT2D eigenvalue weighted by molar-refractivity contribution is -0.167. The molecule has 0 aromatic carbocycles. The fourth-order valence-corrected chi connectivity index (χ4v) is 9.72. The minimum absolute atomic E-state index is 0.0802. The van der Waals surface area contributed by atoms with Gasteiger partial charge in [-0.25, -0.2) is 0 Å². The molecule has 0 N–H and O–H groups in total. The Morgan fingerprint density at radius 1 is 0.263 bits per heavy atom. The van der Waals surface area contributed by atoms with Crippen molar-refractivity contribution in [2.75, 3.05) is 13.2 Å². The summed E-state index contributed by atoms with van der Waals surface area (Å²) in [6, 6.07) is 0. The zero-order valence-corrected chi connectivity index (χ0v) is 52.8. The summed E-state index contributed by atoms with van der Waals surface area (Å²) in [7, 11) is 0. The molecule has 0 aliphatic rings. The van der Waals surface area contributed by atoms with Crippen LogP contribution in [0.1, 0.15) is 335 Å². The molecule has 0 radical (unpaired) electrons. The van der Waals surface area contributed by atoms with E-state index in [4.69, 9.17) is 14.2 Å². The highest BCUT2D eigenvalue weighted by Crippen LogP contribution is 2.17. The molecule has 1 unspecified atom stereocenters. The van der Waals surface area contributed by atoms with Crippen LogP contribution in [0.15, 0.2) is 97.2 Å². The number of carbonyl (C=O) groups excluding carboxylic acids is 3. The van der Waals surface area contributed by atoms with Crippen LogP contribution < -0.4 is 0 Å². The van der Waals surface area contributed by atoms with Crippen molar-refractivity contribution in [3.05, 3.63) is 97.2 Å². The summed E-state index contributed by atoms with van der Waals surface area (Å²) in [6.07, 6.45) is 91.5. The molecule has 0 saturated heterocycles. The van der Waals surface area contributed by atoms with E-state index >= 15 is 0 Å². The van der Waals surface area contributed by atoms with Crippen molar-refractivity contribution in [3.8, 4) is 0 Å². The van der Waals surface area contributed by atoms with Gasteiger partial charge in [0.1, 0.15) is 13.2 Å². The fourth-order valence-electron chi connectivity index (χ4n) is 9.72. The molecule has 0 rings (SSSR count). The number of esters is 3. The van der Waals surface area contributed by atoms with E-state index < -0.39 is 6.10 Å². The number of rotatable bonds is 62. The average molecular weight is 1110 g/mol. The Balaban J connectivity index is 4.21. The molecule has 460 valence electrons. The third-order valence-corrected chi connectivity index (χ3v) is 14.8. The summed E-state index contributed by atoms with van der Waals surface area (Å²) >= 11 is 0. The molecular weight excluding hydrogens is 985 g/mol. The maximum Gasteiger partial charge on any atom is 0.306 e. The summed E-state index contributed by atoms with van der Waals surface area (Å²) in [5, 5.41) is 0. The van der Waals surface area contributed by atoms with E-state index in [-0.39, 0.29) is 31.1 Å². The van der Waals surface area contributed by atoms with Crippen LogP contribution in [-0.2, 0) is 28.6 Å². The van der Waals surface area contributed by atoms with Crippen LogP contribution in [0.2, 0.25) is 0 Å². The predicted octanol–water partition coefficient (Wildman–Crippen LogP) is 23.6. The van der Waals surface area contributed by atoms with Gasteiger partial charge < -0.3 is 14.2 Å². The molecule has 0 amide bonds. The number of allylic oxidation sites excluding steroid dienone is 16. The number of unbranched alkanes of at least 4 members (excludes halogenated alkanes) is 35. The van der Waals surface area contributed by atoms with Crippen molar-refractivity contribution >= 4 is 17.9 Å². The summed E-state index contributed by atoms with van der Waals surface area (Å²) in [4.78, 5) is 38.3.